The van der Waals surface area contributed by atoms with Gasteiger partial charge in [-0.3, -0.25) is 9.48 Å². The fourth-order valence-corrected chi connectivity index (χ4v) is 2.03. The summed E-state index contributed by atoms with van der Waals surface area (Å²) in [4.78, 5) is 11.9. The van der Waals surface area contributed by atoms with Crippen molar-refractivity contribution in [3.63, 3.8) is 0 Å². The Kier molecular flexibility index (Phi) is 3.06. The topological polar surface area (TPSA) is 82.2 Å². The number of methoxy groups -OCH3 is 1. The highest BCUT2D eigenvalue weighted by Gasteiger charge is 2.37. The van der Waals surface area contributed by atoms with Crippen LogP contribution in [0.15, 0.2) is 6.20 Å². The van der Waals surface area contributed by atoms with Gasteiger partial charge in [0.2, 0.25) is 0 Å². The maximum atomic E-state index is 11.9. The lowest BCUT2D eigenvalue weighted by Gasteiger charge is -2.40. The summed E-state index contributed by atoms with van der Waals surface area (Å²) < 4.78 is 6.95. The molecule has 0 unspecified atom stereocenters. The highest BCUT2D eigenvalue weighted by molar-refractivity contribution is 5.97. The van der Waals surface area contributed by atoms with Crippen molar-refractivity contribution in [2.24, 2.45) is 7.05 Å². The summed E-state index contributed by atoms with van der Waals surface area (Å²) in [5.41, 5.74) is 6.17. The van der Waals surface area contributed by atoms with E-state index in [1.54, 1.807) is 20.4 Å². The number of aromatic nitrogens is 2. The number of carbonyl (C=O) groups excluding carboxylic acids is 1. The zero-order chi connectivity index (χ0) is 12.5. The van der Waals surface area contributed by atoms with Gasteiger partial charge in [0.15, 0.2) is 5.69 Å². The molecule has 94 valence electrons. The molecule has 1 aliphatic carbocycles. The summed E-state index contributed by atoms with van der Waals surface area (Å²) in [6, 6.07) is 0. The summed E-state index contributed by atoms with van der Waals surface area (Å²) in [7, 11) is 3.41. The molecule has 6 heteroatoms. The Hall–Kier alpha value is -1.56. The third-order valence-electron chi connectivity index (χ3n) is 3.34. The zero-order valence-electron chi connectivity index (χ0n) is 10.2. The van der Waals surface area contributed by atoms with E-state index in [0.717, 1.165) is 19.3 Å². The lowest BCUT2D eigenvalue weighted by atomic mass is 9.80. The Morgan fingerprint density at radius 3 is 2.82 bits per heavy atom. The highest BCUT2D eigenvalue weighted by atomic mass is 16.5. The minimum absolute atomic E-state index is 0.181. The predicted molar refractivity (Wildman–Crippen MR) is 63.5 cm³/mol. The number of rotatable bonds is 4. The van der Waals surface area contributed by atoms with E-state index in [-0.39, 0.29) is 17.2 Å². The molecule has 0 radical (unpaired) electrons. The van der Waals surface area contributed by atoms with Crippen LogP contribution in [0.25, 0.3) is 0 Å². The highest BCUT2D eigenvalue weighted by Crippen LogP contribution is 2.34. The van der Waals surface area contributed by atoms with Crippen molar-refractivity contribution in [3.05, 3.63) is 11.9 Å². The summed E-state index contributed by atoms with van der Waals surface area (Å²) in [5.74, 6) is -0.244. The van der Waals surface area contributed by atoms with Gasteiger partial charge in [-0.15, -0.1) is 0 Å². The Balaban J connectivity index is 1.95. The Morgan fingerprint density at radius 1 is 1.71 bits per heavy atom. The van der Waals surface area contributed by atoms with Gasteiger partial charge in [0, 0.05) is 26.9 Å². The average Bonchev–Trinajstić information content (AvgIpc) is 2.57. The molecule has 1 amide bonds. The van der Waals surface area contributed by atoms with Crippen LogP contribution >= 0.6 is 0 Å². The molecule has 0 saturated heterocycles. The number of hydrogen-bond donors (Lipinski definition) is 2. The second kappa shape index (κ2) is 4.37. The standard InChI is InChI=1S/C11H18N4O2/c1-15-6-8(12)9(14-15)10(16)13-7-11(17-2)4-3-5-11/h6H,3-5,7,12H2,1-2H3,(H,13,16). The largest absolute Gasteiger partial charge is 0.396 e. The first-order valence-corrected chi connectivity index (χ1v) is 5.69. The fourth-order valence-electron chi connectivity index (χ4n) is 2.03. The number of nitrogens with zero attached hydrogens (tertiary/aromatic N) is 2. The van der Waals surface area contributed by atoms with Crippen molar-refractivity contribution >= 4 is 11.6 Å². The second-order valence-electron chi connectivity index (χ2n) is 4.53. The normalized spacial score (nSPS) is 17.5. The molecule has 2 rings (SSSR count). The molecule has 1 aromatic heterocycles. The Morgan fingerprint density at radius 2 is 2.41 bits per heavy atom. The minimum atomic E-state index is -0.244. The summed E-state index contributed by atoms with van der Waals surface area (Å²) in [5, 5.41) is 6.85. The summed E-state index contributed by atoms with van der Waals surface area (Å²) >= 11 is 0. The quantitative estimate of drug-likeness (QED) is 0.790. The van der Waals surface area contributed by atoms with E-state index in [1.807, 2.05) is 0 Å². The van der Waals surface area contributed by atoms with Crippen LogP contribution in [0, 0.1) is 0 Å². The maximum absolute atomic E-state index is 11.9. The first kappa shape index (κ1) is 11.9. The number of nitrogens with one attached hydrogen (secondary N) is 1. The van der Waals surface area contributed by atoms with Crippen LogP contribution in [-0.4, -0.2) is 34.9 Å². The van der Waals surface area contributed by atoms with Crippen molar-refractivity contribution < 1.29 is 9.53 Å². The van der Waals surface area contributed by atoms with Crippen molar-refractivity contribution in [1.29, 1.82) is 0 Å². The predicted octanol–water partition coefficient (Wildman–Crippen LogP) is 0.301. The molecule has 0 aromatic carbocycles. The number of amides is 1. The zero-order valence-corrected chi connectivity index (χ0v) is 10.2. The van der Waals surface area contributed by atoms with Gasteiger partial charge in [-0.25, -0.2) is 0 Å². The molecule has 3 N–H and O–H groups in total. The first-order chi connectivity index (χ1) is 8.06. The molecular formula is C11H18N4O2. The minimum Gasteiger partial charge on any atom is -0.396 e. The molecule has 1 aromatic rings. The van der Waals surface area contributed by atoms with Crippen molar-refractivity contribution in [2.75, 3.05) is 19.4 Å². The van der Waals surface area contributed by atoms with Gasteiger partial charge in [0.05, 0.1) is 11.3 Å². The smallest absolute Gasteiger partial charge is 0.274 e. The summed E-state index contributed by atoms with van der Waals surface area (Å²) in [6.45, 7) is 0.512. The van der Waals surface area contributed by atoms with Crippen LogP contribution in [0.3, 0.4) is 0 Å². The molecule has 0 bridgehead atoms. The number of carbonyl (C=O) groups is 1. The van der Waals surface area contributed by atoms with Crippen LogP contribution in [0.2, 0.25) is 0 Å². The third kappa shape index (κ3) is 2.26. The third-order valence-corrected chi connectivity index (χ3v) is 3.34. The van der Waals surface area contributed by atoms with Gasteiger partial charge in [-0.05, 0) is 19.3 Å². The van der Waals surface area contributed by atoms with E-state index in [9.17, 15) is 4.79 Å². The number of nitrogens with two attached hydrogens (primary N) is 1. The van der Waals surface area contributed by atoms with Gasteiger partial charge in [0.25, 0.3) is 5.91 Å². The monoisotopic (exact) mass is 238 g/mol. The lowest BCUT2D eigenvalue weighted by molar-refractivity contribution is -0.0679. The molecule has 0 spiro atoms. The van der Waals surface area contributed by atoms with Crippen LogP contribution in [0.5, 0.6) is 0 Å². The van der Waals surface area contributed by atoms with Crippen molar-refractivity contribution in [1.82, 2.24) is 15.1 Å². The van der Waals surface area contributed by atoms with E-state index in [1.165, 1.54) is 4.68 Å². The van der Waals surface area contributed by atoms with E-state index < -0.39 is 0 Å². The second-order valence-corrected chi connectivity index (χ2v) is 4.53. The van der Waals surface area contributed by atoms with Crippen LogP contribution < -0.4 is 11.1 Å². The van der Waals surface area contributed by atoms with E-state index >= 15 is 0 Å². The number of anilines is 1. The van der Waals surface area contributed by atoms with Crippen LogP contribution in [-0.2, 0) is 11.8 Å². The van der Waals surface area contributed by atoms with E-state index in [2.05, 4.69) is 10.4 Å². The molecule has 17 heavy (non-hydrogen) atoms. The molecule has 0 atom stereocenters. The Bertz CT molecular complexity index is 418. The van der Waals surface area contributed by atoms with Crippen LogP contribution in [0.4, 0.5) is 5.69 Å². The molecule has 1 fully saturated rings. The molecule has 1 aliphatic rings. The molecule has 6 nitrogen and oxygen atoms in total. The maximum Gasteiger partial charge on any atom is 0.274 e. The van der Waals surface area contributed by atoms with Crippen molar-refractivity contribution in [2.45, 2.75) is 24.9 Å². The Labute approximate surface area is 100 Å². The van der Waals surface area contributed by atoms with Gasteiger partial charge in [-0.2, -0.15) is 5.10 Å². The van der Waals surface area contributed by atoms with Gasteiger partial charge in [-0.1, -0.05) is 0 Å². The molecule has 1 saturated carbocycles. The van der Waals surface area contributed by atoms with Gasteiger partial charge < -0.3 is 15.8 Å². The van der Waals surface area contributed by atoms with E-state index in [4.69, 9.17) is 10.5 Å². The van der Waals surface area contributed by atoms with E-state index in [0.29, 0.717) is 12.2 Å². The summed E-state index contributed by atoms with van der Waals surface area (Å²) in [6.07, 6.45) is 4.74. The van der Waals surface area contributed by atoms with Crippen molar-refractivity contribution in [3.8, 4) is 0 Å². The van der Waals surface area contributed by atoms with Gasteiger partial charge >= 0.3 is 0 Å². The number of nitrogen functional groups attached to an aromatic ring is 1. The number of ether oxygens (including phenoxy) is 1. The molecule has 1 heterocycles. The molecular weight excluding hydrogens is 220 g/mol. The molecule has 0 aliphatic heterocycles. The lowest BCUT2D eigenvalue weighted by Crippen LogP contribution is -2.49. The number of aryl methyl sites for hydroxylation is 1. The number of hydrogen-bond acceptors (Lipinski definition) is 4. The first-order valence-electron chi connectivity index (χ1n) is 5.69. The van der Waals surface area contributed by atoms with Gasteiger partial charge in [0.1, 0.15) is 0 Å². The average molecular weight is 238 g/mol. The SMILES string of the molecule is COC1(CNC(=O)c2nn(C)cc2N)CCC1. The fraction of sp³-hybridized carbons (Fsp3) is 0.636. The van der Waals surface area contributed by atoms with Crippen LogP contribution in [0.1, 0.15) is 29.8 Å².